The molecule has 0 saturated carbocycles. The fraction of sp³-hybridized carbons (Fsp3) is 0.778. The van der Waals surface area contributed by atoms with Gasteiger partial charge in [0.15, 0.2) is 0 Å². The molecule has 0 N–H and O–H groups in total. The highest BCUT2D eigenvalue weighted by Crippen LogP contribution is 2.19. The van der Waals surface area contributed by atoms with Gasteiger partial charge in [-0.25, -0.2) is 4.98 Å². The number of rotatable bonds is 4. The third kappa shape index (κ3) is 2.79. The molecule has 4 heteroatoms. The normalized spacial score (nSPS) is 15.7. The van der Waals surface area contributed by atoms with Crippen LogP contribution in [0.3, 0.4) is 0 Å². The Morgan fingerprint density at radius 1 is 1.62 bits per heavy atom. The number of hydrogen-bond acceptors (Lipinski definition) is 2. The number of aryl methyl sites for hydroxylation is 1. The maximum Gasteiger partial charge on any atom is 0.138 e. The summed E-state index contributed by atoms with van der Waals surface area (Å²) in [7, 11) is 1.93. The van der Waals surface area contributed by atoms with Crippen molar-refractivity contribution < 1.29 is 0 Å². The van der Waals surface area contributed by atoms with E-state index < -0.39 is 0 Å². The summed E-state index contributed by atoms with van der Waals surface area (Å²) in [5.41, 5.74) is 0. The van der Waals surface area contributed by atoms with Crippen molar-refractivity contribution in [3.63, 3.8) is 0 Å². The van der Waals surface area contributed by atoms with E-state index in [0.29, 0.717) is 10.7 Å². The lowest BCUT2D eigenvalue weighted by atomic mass is 10.0. The Morgan fingerprint density at radius 3 is 2.77 bits per heavy atom. The molecule has 1 aromatic heterocycles. The summed E-state index contributed by atoms with van der Waals surface area (Å²) in [4.78, 5) is 4.78. The third-order valence-corrected chi connectivity index (χ3v) is 3.87. The first kappa shape index (κ1) is 10.7. The van der Waals surface area contributed by atoms with Gasteiger partial charge in [-0.05, 0) is 12.3 Å². The van der Waals surface area contributed by atoms with Crippen LogP contribution in [0.2, 0.25) is 0 Å². The lowest BCUT2D eigenvalue weighted by Crippen LogP contribution is -2.15. The lowest BCUT2D eigenvalue weighted by Gasteiger charge is -2.15. The van der Waals surface area contributed by atoms with Gasteiger partial charge in [0.05, 0.1) is 0 Å². The van der Waals surface area contributed by atoms with E-state index in [1.54, 1.807) is 6.33 Å². The molecule has 74 valence electrons. The van der Waals surface area contributed by atoms with E-state index in [1.807, 2.05) is 11.7 Å². The summed E-state index contributed by atoms with van der Waals surface area (Å²) in [5, 5.41) is 4.05. The van der Waals surface area contributed by atoms with Crippen molar-refractivity contribution in [1.29, 1.82) is 0 Å². The molecule has 0 bridgehead atoms. The molecule has 3 nitrogen and oxygen atoms in total. The number of halogens is 1. The zero-order valence-corrected chi connectivity index (χ0v) is 9.95. The fourth-order valence-corrected chi connectivity index (χ4v) is 1.51. The Labute approximate surface area is 87.7 Å². The molecule has 2 atom stereocenters. The van der Waals surface area contributed by atoms with E-state index in [2.05, 4.69) is 39.9 Å². The molecule has 0 amide bonds. The van der Waals surface area contributed by atoms with Gasteiger partial charge < -0.3 is 0 Å². The van der Waals surface area contributed by atoms with E-state index in [9.17, 15) is 0 Å². The van der Waals surface area contributed by atoms with Crippen molar-refractivity contribution in [1.82, 2.24) is 14.8 Å². The summed E-state index contributed by atoms with van der Waals surface area (Å²) in [5.74, 6) is 1.67. The summed E-state index contributed by atoms with van der Waals surface area (Å²) in [6.07, 6.45) is 3.75. The standard InChI is InChI=1S/C9H16BrN3/c1-4-8(10)7(2)5-9-11-6-12-13(9)3/h6-8H,4-5H2,1-3H3. The molecule has 13 heavy (non-hydrogen) atoms. The molecule has 0 aliphatic rings. The summed E-state index contributed by atoms with van der Waals surface area (Å²) < 4.78 is 1.84. The van der Waals surface area contributed by atoms with Gasteiger partial charge in [0.25, 0.3) is 0 Å². The molecule has 1 aromatic rings. The van der Waals surface area contributed by atoms with Crippen LogP contribution in [0.5, 0.6) is 0 Å². The molecule has 0 aromatic carbocycles. The van der Waals surface area contributed by atoms with Gasteiger partial charge in [-0.2, -0.15) is 5.10 Å². The Morgan fingerprint density at radius 2 is 2.31 bits per heavy atom. The van der Waals surface area contributed by atoms with E-state index >= 15 is 0 Å². The van der Waals surface area contributed by atoms with Crippen molar-refractivity contribution in [2.45, 2.75) is 31.5 Å². The van der Waals surface area contributed by atoms with Crippen LogP contribution in [0.1, 0.15) is 26.1 Å². The van der Waals surface area contributed by atoms with E-state index in [-0.39, 0.29) is 0 Å². The van der Waals surface area contributed by atoms with Crippen LogP contribution in [-0.4, -0.2) is 19.6 Å². The van der Waals surface area contributed by atoms with Gasteiger partial charge in [0.2, 0.25) is 0 Å². The first-order chi connectivity index (χ1) is 6.15. The first-order valence-corrected chi connectivity index (χ1v) is 5.53. The molecule has 0 saturated heterocycles. The number of aromatic nitrogens is 3. The predicted octanol–water partition coefficient (Wildman–Crippen LogP) is 2.17. The van der Waals surface area contributed by atoms with Crippen LogP contribution in [0.4, 0.5) is 0 Å². The first-order valence-electron chi connectivity index (χ1n) is 4.62. The molecule has 0 aliphatic carbocycles. The van der Waals surface area contributed by atoms with Crippen molar-refractivity contribution >= 4 is 15.9 Å². The Kier molecular flexibility index (Phi) is 3.90. The Balaban J connectivity index is 2.54. The van der Waals surface area contributed by atoms with Crippen LogP contribution < -0.4 is 0 Å². The van der Waals surface area contributed by atoms with Gasteiger partial charge in [-0.3, -0.25) is 4.68 Å². The maximum atomic E-state index is 4.20. The van der Waals surface area contributed by atoms with E-state index in [4.69, 9.17) is 0 Å². The van der Waals surface area contributed by atoms with Crippen molar-refractivity contribution in [2.24, 2.45) is 13.0 Å². The SMILES string of the molecule is CCC(Br)C(C)Cc1ncnn1C. The highest BCUT2D eigenvalue weighted by atomic mass is 79.9. The number of hydrogen-bond donors (Lipinski definition) is 0. The minimum absolute atomic E-state index is 0.573. The largest absolute Gasteiger partial charge is 0.253 e. The molecular formula is C9H16BrN3. The molecule has 0 fully saturated rings. The van der Waals surface area contributed by atoms with Crippen molar-refractivity contribution in [2.75, 3.05) is 0 Å². The number of nitrogens with zero attached hydrogens (tertiary/aromatic N) is 3. The summed E-state index contributed by atoms with van der Waals surface area (Å²) in [6, 6.07) is 0. The van der Waals surface area contributed by atoms with Crippen molar-refractivity contribution in [3.8, 4) is 0 Å². The van der Waals surface area contributed by atoms with Gasteiger partial charge in [-0.15, -0.1) is 0 Å². The molecule has 0 radical (unpaired) electrons. The van der Waals surface area contributed by atoms with Crippen LogP contribution in [0.15, 0.2) is 6.33 Å². The highest BCUT2D eigenvalue weighted by Gasteiger charge is 2.14. The number of alkyl halides is 1. The summed E-state index contributed by atoms with van der Waals surface area (Å²) >= 11 is 3.66. The Hall–Kier alpha value is -0.380. The monoisotopic (exact) mass is 245 g/mol. The topological polar surface area (TPSA) is 30.7 Å². The van der Waals surface area contributed by atoms with Crippen LogP contribution >= 0.6 is 15.9 Å². The minimum atomic E-state index is 0.573. The minimum Gasteiger partial charge on any atom is -0.253 e. The zero-order valence-electron chi connectivity index (χ0n) is 8.37. The average Bonchev–Trinajstić information content (AvgIpc) is 2.50. The average molecular weight is 246 g/mol. The van der Waals surface area contributed by atoms with Crippen LogP contribution in [0.25, 0.3) is 0 Å². The second-order valence-electron chi connectivity index (χ2n) is 3.41. The fourth-order valence-electron chi connectivity index (χ4n) is 1.32. The second-order valence-corrected chi connectivity index (χ2v) is 4.58. The Bertz CT molecular complexity index is 259. The van der Waals surface area contributed by atoms with Gasteiger partial charge in [0, 0.05) is 18.3 Å². The van der Waals surface area contributed by atoms with Gasteiger partial charge >= 0.3 is 0 Å². The molecule has 0 aliphatic heterocycles. The summed E-state index contributed by atoms with van der Waals surface area (Å²) in [6.45, 7) is 4.42. The molecule has 1 heterocycles. The van der Waals surface area contributed by atoms with Gasteiger partial charge in [0.1, 0.15) is 12.2 Å². The van der Waals surface area contributed by atoms with Crippen LogP contribution in [0, 0.1) is 5.92 Å². The second kappa shape index (κ2) is 4.74. The molecule has 1 rings (SSSR count). The van der Waals surface area contributed by atoms with E-state index in [1.165, 1.54) is 0 Å². The molecular weight excluding hydrogens is 230 g/mol. The lowest BCUT2D eigenvalue weighted by molar-refractivity contribution is 0.515. The van der Waals surface area contributed by atoms with Crippen LogP contribution in [-0.2, 0) is 13.5 Å². The van der Waals surface area contributed by atoms with Crippen molar-refractivity contribution in [3.05, 3.63) is 12.2 Å². The van der Waals surface area contributed by atoms with Gasteiger partial charge in [-0.1, -0.05) is 29.8 Å². The predicted molar refractivity (Wildman–Crippen MR) is 56.9 cm³/mol. The molecule has 0 spiro atoms. The quantitative estimate of drug-likeness (QED) is 0.762. The maximum absolute atomic E-state index is 4.20. The highest BCUT2D eigenvalue weighted by molar-refractivity contribution is 9.09. The molecule has 2 unspecified atom stereocenters. The third-order valence-electron chi connectivity index (χ3n) is 2.32. The zero-order chi connectivity index (χ0) is 9.84. The smallest absolute Gasteiger partial charge is 0.138 e. The van der Waals surface area contributed by atoms with E-state index in [0.717, 1.165) is 18.7 Å².